The van der Waals surface area contributed by atoms with Gasteiger partial charge in [-0.15, -0.1) is 0 Å². The predicted molar refractivity (Wildman–Crippen MR) is 92.9 cm³/mol. The molecule has 0 bridgehead atoms. The highest BCUT2D eigenvalue weighted by molar-refractivity contribution is 9.12. The molecule has 2 aliphatic heterocycles. The van der Waals surface area contributed by atoms with Crippen LogP contribution < -0.4 is 0 Å². The highest BCUT2D eigenvalue weighted by Gasteiger charge is 2.41. The number of cyclic esters (lactones) is 1. The lowest BCUT2D eigenvalue weighted by atomic mass is 9.75. The summed E-state index contributed by atoms with van der Waals surface area (Å²) in [6.45, 7) is 8.79. The summed E-state index contributed by atoms with van der Waals surface area (Å²) >= 11 is 3.42. The molecule has 0 aromatic rings. The number of carbonyl (C=O) groups is 1. The third-order valence-electron chi connectivity index (χ3n) is 5.55. The lowest BCUT2D eigenvalue weighted by Crippen LogP contribution is -2.39. The van der Waals surface area contributed by atoms with Crippen molar-refractivity contribution in [3.63, 3.8) is 0 Å². The maximum absolute atomic E-state index is 12.0. The summed E-state index contributed by atoms with van der Waals surface area (Å²) in [4.78, 5) is 14.3. The number of nitrogens with zero attached hydrogens (tertiary/aromatic N) is 1. The van der Waals surface area contributed by atoms with E-state index in [2.05, 4.69) is 41.6 Å². The Morgan fingerprint density at radius 2 is 1.96 bits per heavy atom. The van der Waals surface area contributed by atoms with Gasteiger partial charge in [0.25, 0.3) is 0 Å². The zero-order valence-corrected chi connectivity index (χ0v) is 16.0. The van der Waals surface area contributed by atoms with Gasteiger partial charge in [0.2, 0.25) is 6.29 Å². The second-order valence-corrected chi connectivity index (χ2v) is 8.42. The van der Waals surface area contributed by atoms with Crippen molar-refractivity contribution in [1.29, 1.82) is 0 Å². The molecule has 0 spiro atoms. The molecule has 5 heteroatoms. The summed E-state index contributed by atoms with van der Waals surface area (Å²) in [5.41, 5.74) is 0.910. The molecule has 0 unspecified atom stereocenters. The molecule has 23 heavy (non-hydrogen) atoms. The summed E-state index contributed by atoms with van der Waals surface area (Å²) < 4.78 is 12.5. The van der Waals surface area contributed by atoms with Crippen molar-refractivity contribution in [2.75, 3.05) is 13.1 Å². The van der Waals surface area contributed by atoms with Crippen LogP contribution in [0, 0.1) is 17.8 Å². The van der Waals surface area contributed by atoms with Gasteiger partial charge in [0.1, 0.15) is 10.2 Å². The Balaban J connectivity index is 1.76. The predicted octanol–water partition coefficient (Wildman–Crippen LogP) is 4.05. The van der Waals surface area contributed by atoms with E-state index in [9.17, 15) is 4.79 Å². The highest BCUT2D eigenvalue weighted by Crippen LogP contribution is 2.39. The summed E-state index contributed by atoms with van der Waals surface area (Å²) in [6.07, 6.45) is 5.50. The average Bonchev–Trinajstić information content (AvgIpc) is 3.08. The van der Waals surface area contributed by atoms with Crippen molar-refractivity contribution in [3.05, 3.63) is 10.2 Å². The molecule has 1 saturated carbocycles. The maximum Gasteiger partial charge on any atom is 0.349 e. The number of esters is 1. The number of carbonyl (C=O) groups excluding carboxylic acids is 1. The van der Waals surface area contributed by atoms with E-state index in [0.29, 0.717) is 22.2 Å². The Morgan fingerprint density at radius 3 is 2.61 bits per heavy atom. The van der Waals surface area contributed by atoms with E-state index in [0.717, 1.165) is 25.2 Å². The molecule has 4 nitrogen and oxygen atoms in total. The standard InChI is InChI=1S/C18H28BrNO3/c1-11(2)13-7-6-12(3)10-14(13)22-18-16(15(19)17(21)23-18)20-8-4-5-9-20/h11-14,18H,4-10H2,1-3H3/t12-,13+,14-,18+/m1/s1. The lowest BCUT2D eigenvalue weighted by molar-refractivity contribution is -0.184. The van der Waals surface area contributed by atoms with Gasteiger partial charge < -0.3 is 14.4 Å². The molecule has 0 aromatic heterocycles. The molecule has 2 fully saturated rings. The number of likely N-dealkylation sites (tertiary alicyclic amines) is 1. The average molecular weight is 386 g/mol. The second kappa shape index (κ2) is 7.14. The molecule has 3 rings (SSSR count). The van der Waals surface area contributed by atoms with Crippen LogP contribution in [-0.4, -0.2) is 36.4 Å². The van der Waals surface area contributed by atoms with Crippen molar-refractivity contribution in [2.24, 2.45) is 17.8 Å². The number of halogens is 1. The molecule has 3 aliphatic rings. The van der Waals surface area contributed by atoms with Crippen LogP contribution in [-0.2, 0) is 14.3 Å². The molecule has 0 amide bonds. The van der Waals surface area contributed by atoms with Crippen molar-refractivity contribution in [2.45, 2.75) is 65.3 Å². The molecule has 2 heterocycles. The molecule has 4 atom stereocenters. The van der Waals surface area contributed by atoms with Gasteiger partial charge in [-0.05, 0) is 59.4 Å². The van der Waals surface area contributed by atoms with Crippen LogP contribution in [0.4, 0.5) is 0 Å². The highest BCUT2D eigenvalue weighted by atomic mass is 79.9. The van der Waals surface area contributed by atoms with Crippen LogP contribution in [0.25, 0.3) is 0 Å². The number of ether oxygens (including phenoxy) is 2. The number of hydrogen-bond donors (Lipinski definition) is 0. The Kier molecular flexibility index (Phi) is 5.36. The number of rotatable bonds is 4. The first-order valence-electron chi connectivity index (χ1n) is 8.98. The van der Waals surface area contributed by atoms with E-state index >= 15 is 0 Å². The normalized spacial score (nSPS) is 35.3. The van der Waals surface area contributed by atoms with E-state index in [1.807, 2.05) is 0 Å². The van der Waals surface area contributed by atoms with Gasteiger partial charge in [-0.2, -0.15) is 0 Å². The van der Waals surface area contributed by atoms with Gasteiger partial charge in [-0.3, -0.25) is 0 Å². The molecular weight excluding hydrogens is 358 g/mol. The minimum atomic E-state index is -0.536. The summed E-state index contributed by atoms with van der Waals surface area (Å²) in [5.74, 6) is 1.52. The van der Waals surface area contributed by atoms with Crippen molar-refractivity contribution in [1.82, 2.24) is 4.90 Å². The first-order valence-corrected chi connectivity index (χ1v) is 9.77. The quantitative estimate of drug-likeness (QED) is 0.684. The fourth-order valence-electron chi connectivity index (χ4n) is 4.18. The number of hydrogen-bond acceptors (Lipinski definition) is 4. The smallest absolute Gasteiger partial charge is 0.349 e. The van der Waals surface area contributed by atoms with Crippen LogP contribution in [0.3, 0.4) is 0 Å². The second-order valence-electron chi connectivity index (χ2n) is 7.63. The van der Waals surface area contributed by atoms with Crippen LogP contribution in [0.1, 0.15) is 52.9 Å². The van der Waals surface area contributed by atoms with Gasteiger partial charge in [0, 0.05) is 13.1 Å². The molecule has 1 saturated heterocycles. The van der Waals surface area contributed by atoms with Crippen LogP contribution in [0.2, 0.25) is 0 Å². The van der Waals surface area contributed by atoms with E-state index < -0.39 is 6.29 Å². The molecule has 0 aromatic carbocycles. The Morgan fingerprint density at radius 1 is 1.26 bits per heavy atom. The van der Waals surface area contributed by atoms with Crippen LogP contribution in [0.15, 0.2) is 10.2 Å². The zero-order valence-electron chi connectivity index (χ0n) is 14.4. The Bertz CT molecular complexity index is 485. The Labute approximate surface area is 147 Å². The third-order valence-corrected chi connectivity index (χ3v) is 6.28. The molecule has 0 N–H and O–H groups in total. The van der Waals surface area contributed by atoms with Crippen molar-refractivity contribution in [3.8, 4) is 0 Å². The first kappa shape index (κ1) is 17.3. The molecular formula is C18H28BrNO3. The minimum absolute atomic E-state index is 0.174. The third kappa shape index (κ3) is 3.60. The van der Waals surface area contributed by atoms with Gasteiger partial charge in [-0.25, -0.2) is 4.79 Å². The van der Waals surface area contributed by atoms with Gasteiger partial charge in [0.15, 0.2) is 0 Å². The van der Waals surface area contributed by atoms with Gasteiger partial charge in [0.05, 0.1) is 6.10 Å². The van der Waals surface area contributed by atoms with Gasteiger partial charge >= 0.3 is 5.97 Å². The molecule has 130 valence electrons. The van der Waals surface area contributed by atoms with Crippen LogP contribution >= 0.6 is 15.9 Å². The van der Waals surface area contributed by atoms with E-state index in [1.54, 1.807) is 0 Å². The minimum Gasteiger partial charge on any atom is -0.426 e. The zero-order chi connectivity index (χ0) is 16.6. The summed E-state index contributed by atoms with van der Waals surface area (Å²) in [6, 6.07) is 0. The SMILES string of the molecule is CC(C)[C@@H]1CC[C@@H](C)C[C@H]1O[C@H]1OC(=O)C(Br)=C1N1CCCC1. The molecule has 0 radical (unpaired) electrons. The lowest BCUT2D eigenvalue weighted by Gasteiger charge is -2.39. The van der Waals surface area contributed by atoms with Crippen molar-refractivity contribution >= 4 is 21.9 Å². The first-order chi connectivity index (χ1) is 11.0. The van der Waals surface area contributed by atoms with E-state index in [-0.39, 0.29) is 12.1 Å². The van der Waals surface area contributed by atoms with Gasteiger partial charge in [-0.1, -0.05) is 27.2 Å². The fourth-order valence-corrected chi connectivity index (χ4v) is 4.71. The van der Waals surface area contributed by atoms with E-state index in [4.69, 9.17) is 9.47 Å². The Hall–Kier alpha value is -0.550. The summed E-state index contributed by atoms with van der Waals surface area (Å²) in [5, 5.41) is 0. The molecule has 1 aliphatic carbocycles. The van der Waals surface area contributed by atoms with Crippen molar-refractivity contribution < 1.29 is 14.3 Å². The monoisotopic (exact) mass is 385 g/mol. The summed E-state index contributed by atoms with van der Waals surface area (Å²) in [7, 11) is 0. The fraction of sp³-hybridized carbons (Fsp3) is 0.833. The van der Waals surface area contributed by atoms with Crippen LogP contribution in [0.5, 0.6) is 0 Å². The van der Waals surface area contributed by atoms with E-state index in [1.165, 1.54) is 25.7 Å². The topological polar surface area (TPSA) is 38.8 Å². The largest absolute Gasteiger partial charge is 0.426 e. The maximum atomic E-state index is 12.0.